The molecule has 0 unspecified atom stereocenters. The van der Waals surface area contributed by atoms with Gasteiger partial charge in [-0.3, -0.25) is 9.69 Å². The van der Waals surface area contributed by atoms with Crippen molar-refractivity contribution >= 4 is 40.3 Å². The highest BCUT2D eigenvalue weighted by atomic mass is 35.5. The van der Waals surface area contributed by atoms with Gasteiger partial charge in [-0.1, -0.05) is 65.7 Å². The summed E-state index contributed by atoms with van der Waals surface area (Å²) in [5.74, 6) is 0.238. The Labute approximate surface area is 246 Å². The van der Waals surface area contributed by atoms with Crippen LogP contribution in [0.3, 0.4) is 0 Å². The van der Waals surface area contributed by atoms with Crippen LogP contribution in [0.5, 0.6) is 5.75 Å². The first-order valence-electron chi connectivity index (χ1n) is 13.5. The quantitative estimate of drug-likeness (QED) is 0.190. The highest BCUT2D eigenvalue weighted by Crippen LogP contribution is 2.25. The summed E-state index contributed by atoms with van der Waals surface area (Å²) in [6, 6.07) is 19.5. The van der Waals surface area contributed by atoms with Gasteiger partial charge in [0.05, 0.1) is 11.9 Å². The first-order chi connectivity index (χ1) is 20.6. The predicted octanol–water partition coefficient (Wildman–Crippen LogP) is 4.37. The molecule has 12 nitrogen and oxygen atoms in total. The van der Waals surface area contributed by atoms with E-state index in [9.17, 15) is 4.79 Å². The van der Waals surface area contributed by atoms with Gasteiger partial charge in [0.15, 0.2) is 5.69 Å². The normalized spacial score (nSPS) is 14.0. The topological polar surface area (TPSA) is 150 Å². The van der Waals surface area contributed by atoms with Gasteiger partial charge in [0.1, 0.15) is 12.4 Å². The molecule has 0 atom stereocenters. The summed E-state index contributed by atoms with van der Waals surface area (Å²) >= 11 is 6.27. The third-order valence-electron chi connectivity index (χ3n) is 7.10. The van der Waals surface area contributed by atoms with Crippen LogP contribution in [-0.2, 0) is 13.2 Å². The first-order valence-corrected chi connectivity index (χ1v) is 13.9. The molecule has 0 radical (unpaired) electrons. The number of carbonyl (C=O) groups excluding carboxylic acids is 1. The van der Waals surface area contributed by atoms with Crippen LogP contribution >= 0.6 is 11.6 Å². The fraction of sp³-hybridized carbons (Fsp3) is 0.241. The molecule has 0 saturated carbocycles. The van der Waals surface area contributed by atoms with E-state index < -0.39 is 5.91 Å². The minimum Gasteiger partial charge on any atom is -0.488 e. The summed E-state index contributed by atoms with van der Waals surface area (Å²) < 4.78 is 12.3. The number of likely N-dealkylation sites (tertiary alicyclic amines) is 1. The van der Waals surface area contributed by atoms with Gasteiger partial charge in [0, 0.05) is 17.1 Å². The lowest BCUT2D eigenvalue weighted by atomic mass is 10.1. The summed E-state index contributed by atoms with van der Waals surface area (Å²) in [5, 5.41) is 22.6. The lowest BCUT2D eigenvalue weighted by Crippen LogP contribution is -2.31. The van der Waals surface area contributed by atoms with Crippen LogP contribution in [0, 0.1) is 0 Å². The highest BCUT2D eigenvalue weighted by Gasteiger charge is 2.26. The lowest BCUT2D eigenvalue weighted by molar-refractivity contribution is 0.0947. The fourth-order valence-electron chi connectivity index (χ4n) is 5.00. The summed E-state index contributed by atoms with van der Waals surface area (Å²) in [6.45, 7) is 2.56. The van der Waals surface area contributed by atoms with E-state index >= 15 is 0 Å². The van der Waals surface area contributed by atoms with Gasteiger partial charge in [-0.2, -0.15) is 9.78 Å². The van der Waals surface area contributed by atoms with Gasteiger partial charge in [0.2, 0.25) is 11.6 Å². The number of fused-ring (bicyclic) bond motifs is 1. The Bertz CT molecular complexity index is 1740. The van der Waals surface area contributed by atoms with Crippen molar-refractivity contribution in [3.8, 4) is 11.6 Å². The zero-order chi connectivity index (χ0) is 28.9. The average Bonchev–Trinajstić information content (AvgIpc) is 3.62. The van der Waals surface area contributed by atoms with Gasteiger partial charge in [-0.05, 0) is 70.8 Å². The monoisotopic (exact) mass is 585 g/mol. The Hall–Kier alpha value is -4.81. The molecule has 3 N–H and O–H groups in total. The molecule has 1 fully saturated rings. The Morgan fingerprint density at radius 1 is 1.10 bits per heavy atom. The Morgan fingerprint density at radius 3 is 2.76 bits per heavy atom. The van der Waals surface area contributed by atoms with Crippen molar-refractivity contribution in [3.63, 3.8) is 0 Å². The molecule has 3 heterocycles. The molecule has 1 saturated heterocycles. The Morgan fingerprint density at radius 2 is 1.93 bits per heavy atom. The number of hydrogen-bond donors (Lipinski definition) is 2. The molecule has 214 valence electrons. The van der Waals surface area contributed by atoms with Gasteiger partial charge in [-0.15, -0.1) is 5.10 Å². The fourth-order valence-corrected chi connectivity index (χ4v) is 5.18. The molecule has 0 aliphatic carbocycles. The molecule has 5 aromatic rings. The molecule has 1 amide bonds. The van der Waals surface area contributed by atoms with Gasteiger partial charge < -0.3 is 10.5 Å². The maximum Gasteiger partial charge on any atom is 0.293 e. The van der Waals surface area contributed by atoms with E-state index in [2.05, 4.69) is 54.3 Å². The zero-order valence-corrected chi connectivity index (χ0v) is 23.4. The van der Waals surface area contributed by atoms with Crippen LogP contribution < -0.4 is 15.9 Å². The second kappa shape index (κ2) is 12.4. The molecular formula is C29H28ClN9O3. The van der Waals surface area contributed by atoms with Crippen molar-refractivity contribution in [2.75, 3.05) is 18.8 Å². The number of nitrogens with two attached hydrogens (primary N) is 1. The number of hydrazone groups is 1. The van der Waals surface area contributed by atoms with E-state index in [4.69, 9.17) is 26.7 Å². The van der Waals surface area contributed by atoms with Crippen molar-refractivity contribution in [2.24, 2.45) is 5.10 Å². The number of ether oxygens (including phenoxy) is 1. The van der Waals surface area contributed by atoms with Crippen LogP contribution in [0.15, 0.2) is 70.4 Å². The lowest BCUT2D eigenvalue weighted by Gasteiger charge is -2.26. The number of hydrogen-bond acceptors (Lipinski definition) is 10. The van der Waals surface area contributed by atoms with Crippen molar-refractivity contribution < 1.29 is 14.2 Å². The van der Waals surface area contributed by atoms with E-state index in [-0.39, 0.29) is 17.3 Å². The average molecular weight is 586 g/mol. The first kappa shape index (κ1) is 27.4. The molecule has 42 heavy (non-hydrogen) atoms. The Kier molecular flexibility index (Phi) is 8.06. The van der Waals surface area contributed by atoms with Crippen molar-refractivity contribution in [1.82, 2.24) is 35.6 Å². The van der Waals surface area contributed by atoms with Crippen LogP contribution in [-0.4, -0.2) is 55.4 Å². The number of halogens is 1. The number of nitrogens with one attached hydrogen (secondary N) is 1. The number of amides is 1. The van der Waals surface area contributed by atoms with E-state index in [0.717, 1.165) is 42.3 Å². The van der Waals surface area contributed by atoms with E-state index in [1.165, 1.54) is 17.3 Å². The molecule has 0 spiro atoms. The zero-order valence-electron chi connectivity index (χ0n) is 22.6. The third kappa shape index (κ3) is 5.94. The van der Waals surface area contributed by atoms with Crippen molar-refractivity contribution in [3.05, 3.63) is 88.2 Å². The summed E-state index contributed by atoms with van der Waals surface area (Å²) in [7, 11) is 0. The van der Waals surface area contributed by atoms with Gasteiger partial charge in [-0.25, -0.2) is 10.1 Å². The largest absolute Gasteiger partial charge is 0.488 e. The molecule has 13 heteroatoms. The van der Waals surface area contributed by atoms with Crippen molar-refractivity contribution in [2.45, 2.75) is 32.4 Å². The second-order valence-electron chi connectivity index (χ2n) is 9.91. The van der Waals surface area contributed by atoms with Crippen LogP contribution in [0.25, 0.3) is 16.6 Å². The maximum absolute atomic E-state index is 13.2. The minimum atomic E-state index is -0.542. The Balaban J connectivity index is 1.20. The third-order valence-corrected chi connectivity index (χ3v) is 7.34. The van der Waals surface area contributed by atoms with E-state index in [0.29, 0.717) is 35.2 Å². The number of nitrogens with zero attached hydrogens (tertiary/aromatic N) is 7. The molecule has 0 bridgehead atoms. The summed E-state index contributed by atoms with van der Waals surface area (Å²) in [6.07, 6.45) is 4.81. The molecule has 2 aromatic heterocycles. The van der Waals surface area contributed by atoms with Gasteiger partial charge in [0.25, 0.3) is 5.91 Å². The number of carbonyl (C=O) groups is 1. The molecule has 1 aliphatic rings. The standard InChI is InChI=1S/C29H28ClN9O3/c30-22-11-12-25(41-18-20-9-6-8-19-7-2-3-10-23(19)20)21(15-22)16-32-34-29(40)26-24(17-38-13-4-1-5-14-38)39(37-33-26)28-27(31)35-42-36-28/h2-3,6-12,15-16H,1,4-5,13-14,17-18H2,(H2,31,35)(H,34,40)/b32-16+. The van der Waals surface area contributed by atoms with Crippen LogP contribution in [0.4, 0.5) is 5.82 Å². The number of anilines is 1. The van der Waals surface area contributed by atoms with Crippen molar-refractivity contribution in [1.29, 1.82) is 0 Å². The molecule has 1 aliphatic heterocycles. The SMILES string of the molecule is Nc1nonc1-n1nnc(C(=O)N/N=C/c2cc(Cl)ccc2OCc2cccc3ccccc23)c1CN1CCCCC1. The number of rotatable bonds is 9. The molecule has 3 aromatic carbocycles. The summed E-state index contributed by atoms with van der Waals surface area (Å²) in [4.78, 5) is 15.5. The minimum absolute atomic E-state index is 0.0433. The van der Waals surface area contributed by atoms with E-state index in [1.54, 1.807) is 18.2 Å². The van der Waals surface area contributed by atoms with E-state index in [1.807, 2.05) is 24.3 Å². The number of benzene rings is 3. The van der Waals surface area contributed by atoms with Gasteiger partial charge >= 0.3 is 0 Å². The summed E-state index contributed by atoms with van der Waals surface area (Å²) in [5.41, 5.74) is 10.7. The van der Waals surface area contributed by atoms with Crippen LogP contribution in [0.1, 0.15) is 46.6 Å². The number of piperidine rings is 1. The number of nitrogen functional groups attached to an aromatic ring is 1. The van der Waals surface area contributed by atoms with Crippen LogP contribution in [0.2, 0.25) is 5.02 Å². The molecule has 6 rings (SSSR count). The number of aromatic nitrogens is 5. The maximum atomic E-state index is 13.2. The second-order valence-corrected chi connectivity index (χ2v) is 10.4. The molecular weight excluding hydrogens is 558 g/mol. The highest BCUT2D eigenvalue weighted by molar-refractivity contribution is 6.30. The smallest absolute Gasteiger partial charge is 0.293 e. The predicted molar refractivity (Wildman–Crippen MR) is 158 cm³/mol.